The number of amides is 2. The van der Waals surface area contributed by atoms with Gasteiger partial charge in [0.25, 0.3) is 15.9 Å². The van der Waals surface area contributed by atoms with E-state index < -0.39 is 40.0 Å². The Hall–Kier alpha value is -3.61. The van der Waals surface area contributed by atoms with Crippen LogP contribution in [0.15, 0.2) is 64.2 Å². The molecule has 1 aliphatic heterocycles. The molecule has 0 bridgehead atoms. The molecule has 1 saturated heterocycles. The molecule has 0 saturated carbocycles. The number of pyridine rings is 1. The molecule has 4 rings (SSSR count). The smallest absolute Gasteiger partial charge is 0.274 e. The molecule has 40 heavy (non-hydrogen) atoms. The lowest BCUT2D eigenvalue weighted by Gasteiger charge is -2.27. The summed E-state index contributed by atoms with van der Waals surface area (Å²) in [4.78, 5) is 34.8. The standard InChI is InChI=1S/C28H35N5O6S/c1-18(2)16-22(31-27(36)25-19(3)39-28(32-25)20-10-5-4-6-11-20)26(35)30-21-12-9-15-33(17-23(21)34)40(37,38)24-13-7-8-14-29-24/h4-8,10-11,13-14,18,21-23,34H,9,12,15-17H2,1-3H3,(H,30,35)(H,31,36)/t21?,22?,23-/m0/s1. The van der Waals surface area contributed by atoms with Crippen LogP contribution in [0, 0.1) is 12.8 Å². The minimum atomic E-state index is -3.89. The van der Waals surface area contributed by atoms with Gasteiger partial charge in [-0.3, -0.25) is 9.59 Å². The summed E-state index contributed by atoms with van der Waals surface area (Å²) in [7, 11) is -3.89. The summed E-state index contributed by atoms with van der Waals surface area (Å²) in [5, 5.41) is 16.4. The molecule has 0 radical (unpaired) electrons. The van der Waals surface area contributed by atoms with Crippen LogP contribution < -0.4 is 10.6 Å². The third-order valence-electron chi connectivity index (χ3n) is 6.71. The highest BCUT2D eigenvalue weighted by Crippen LogP contribution is 2.22. The summed E-state index contributed by atoms with van der Waals surface area (Å²) < 4.78 is 32.9. The van der Waals surface area contributed by atoms with Crippen molar-refractivity contribution >= 4 is 21.8 Å². The highest BCUT2D eigenvalue weighted by Gasteiger charge is 2.35. The van der Waals surface area contributed by atoms with E-state index in [0.29, 0.717) is 30.9 Å². The number of rotatable bonds is 9. The molecule has 2 unspecified atom stereocenters. The molecule has 11 nitrogen and oxygen atoms in total. The van der Waals surface area contributed by atoms with Gasteiger partial charge in [0.2, 0.25) is 11.8 Å². The van der Waals surface area contributed by atoms with Gasteiger partial charge in [-0.05, 0) is 56.4 Å². The first kappa shape index (κ1) is 29.4. The number of nitrogens with one attached hydrogen (secondary N) is 2. The Bertz CT molecular complexity index is 1410. The Morgan fingerprint density at radius 3 is 2.55 bits per heavy atom. The topological polar surface area (TPSA) is 155 Å². The van der Waals surface area contributed by atoms with Crippen LogP contribution in [0.1, 0.15) is 49.4 Å². The number of oxazole rings is 1. The summed E-state index contributed by atoms with van der Waals surface area (Å²) >= 11 is 0. The monoisotopic (exact) mass is 569 g/mol. The molecule has 0 spiro atoms. The SMILES string of the molecule is Cc1oc(-c2ccccc2)nc1C(=O)NC(CC(C)C)C(=O)NC1CCCN(S(=O)(=O)c2ccccn2)C[C@@H]1O. The van der Waals surface area contributed by atoms with Crippen molar-refractivity contribution in [2.24, 2.45) is 5.92 Å². The number of aromatic nitrogens is 2. The van der Waals surface area contributed by atoms with Gasteiger partial charge in [-0.25, -0.2) is 18.4 Å². The first-order valence-corrected chi connectivity index (χ1v) is 14.7. The Morgan fingerprint density at radius 1 is 1.15 bits per heavy atom. The van der Waals surface area contributed by atoms with Crippen LogP contribution in [0.5, 0.6) is 0 Å². The minimum Gasteiger partial charge on any atom is -0.441 e. The predicted molar refractivity (Wildman–Crippen MR) is 148 cm³/mol. The minimum absolute atomic E-state index is 0.0763. The van der Waals surface area contributed by atoms with Gasteiger partial charge in [0.15, 0.2) is 10.7 Å². The van der Waals surface area contributed by atoms with Gasteiger partial charge >= 0.3 is 0 Å². The van der Waals surface area contributed by atoms with Crippen LogP contribution in [0.2, 0.25) is 0 Å². The quantitative estimate of drug-likeness (QED) is 0.355. The molecule has 3 heterocycles. The molecule has 2 aromatic heterocycles. The van der Waals surface area contributed by atoms with E-state index in [9.17, 15) is 23.1 Å². The highest BCUT2D eigenvalue weighted by molar-refractivity contribution is 7.89. The van der Waals surface area contributed by atoms with Crippen molar-refractivity contribution in [3.05, 3.63) is 66.2 Å². The van der Waals surface area contributed by atoms with Crippen LogP contribution in [-0.2, 0) is 14.8 Å². The Kier molecular flexibility index (Phi) is 9.33. The molecule has 214 valence electrons. The number of β-amino-alcohol motifs (C(OH)–C–C–N with tert-alkyl or cyclic N) is 1. The number of aryl methyl sites for hydroxylation is 1. The van der Waals surface area contributed by atoms with E-state index >= 15 is 0 Å². The summed E-state index contributed by atoms with van der Waals surface area (Å²) in [5.41, 5.74) is 0.813. The molecule has 3 aromatic rings. The second-order valence-electron chi connectivity index (χ2n) is 10.3. The van der Waals surface area contributed by atoms with Gasteiger partial charge in [-0.2, -0.15) is 4.31 Å². The first-order valence-electron chi connectivity index (χ1n) is 13.3. The van der Waals surface area contributed by atoms with Crippen molar-refractivity contribution in [1.82, 2.24) is 24.9 Å². The van der Waals surface area contributed by atoms with Crippen molar-refractivity contribution in [2.75, 3.05) is 13.1 Å². The lowest BCUT2D eigenvalue weighted by molar-refractivity contribution is -0.125. The maximum Gasteiger partial charge on any atom is 0.274 e. The lowest BCUT2D eigenvalue weighted by atomic mass is 10.0. The molecule has 3 atom stereocenters. The Balaban J connectivity index is 1.44. The fourth-order valence-corrected chi connectivity index (χ4v) is 6.08. The number of aliphatic hydroxyl groups is 1. The van der Waals surface area contributed by atoms with E-state index in [1.807, 2.05) is 44.2 Å². The van der Waals surface area contributed by atoms with Crippen molar-refractivity contribution in [2.45, 2.75) is 63.2 Å². The Labute approximate surface area is 234 Å². The molecule has 1 aromatic carbocycles. The second-order valence-corrected chi connectivity index (χ2v) is 12.2. The fourth-order valence-electron chi connectivity index (χ4n) is 4.65. The van der Waals surface area contributed by atoms with Crippen molar-refractivity contribution in [3.63, 3.8) is 0 Å². The number of carbonyl (C=O) groups is 2. The van der Waals surface area contributed by atoms with E-state index in [0.717, 1.165) is 5.56 Å². The summed E-state index contributed by atoms with van der Waals surface area (Å²) in [6.45, 7) is 5.50. The molecular weight excluding hydrogens is 534 g/mol. The summed E-state index contributed by atoms with van der Waals surface area (Å²) in [5.74, 6) is -0.296. The third kappa shape index (κ3) is 6.93. The molecule has 2 amide bonds. The van der Waals surface area contributed by atoms with E-state index in [4.69, 9.17) is 4.42 Å². The van der Waals surface area contributed by atoms with Crippen molar-refractivity contribution < 1.29 is 27.5 Å². The zero-order valence-electron chi connectivity index (χ0n) is 22.8. The highest BCUT2D eigenvalue weighted by atomic mass is 32.2. The molecule has 1 fully saturated rings. The maximum atomic E-state index is 13.4. The van der Waals surface area contributed by atoms with Gasteiger partial charge in [-0.1, -0.05) is 38.1 Å². The number of aliphatic hydroxyl groups excluding tert-OH is 1. The molecular formula is C28H35N5O6S. The van der Waals surface area contributed by atoms with Gasteiger partial charge < -0.3 is 20.2 Å². The van der Waals surface area contributed by atoms with Crippen molar-refractivity contribution in [3.8, 4) is 11.5 Å². The number of hydrogen-bond acceptors (Lipinski definition) is 8. The zero-order valence-corrected chi connectivity index (χ0v) is 23.6. The lowest BCUT2D eigenvalue weighted by Crippen LogP contribution is -2.54. The van der Waals surface area contributed by atoms with E-state index in [1.54, 1.807) is 19.1 Å². The Morgan fingerprint density at radius 2 is 1.88 bits per heavy atom. The van der Waals surface area contributed by atoms with Crippen LogP contribution >= 0.6 is 0 Å². The number of benzene rings is 1. The number of carbonyl (C=O) groups excluding carboxylic acids is 2. The molecule has 1 aliphatic rings. The zero-order chi connectivity index (χ0) is 28.9. The molecule has 12 heteroatoms. The average Bonchev–Trinajstić information content (AvgIpc) is 3.23. The number of hydrogen-bond donors (Lipinski definition) is 3. The largest absolute Gasteiger partial charge is 0.441 e. The van der Waals surface area contributed by atoms with E-state index in [2.05, 4.69) is 20.6 Å². The van der Waals surface area contributed by atoms with Gasteiger partial charge in [0, 0.05) is 24.8 Å². The van der Waals surface area contributed by atoms with Crippen LogP contribution in [0.3, 0.4) is 0 Å². The average molecular weight is 570 g/mol. The second kappa shape index (κ2) is 12.7. The van der Waals surface area contributed by atoms with Crippen molar-refractivity contribution in [1.29, 1.82) is 0 Å². The summed E-state index contributed by atoms with van der Waals surface area (Å²) in [6, 6.07) is 12.2. The van der Waals surface area contributed by atoms with Gasteiger partial charge in [0.1, 0.15) is 11.8 Å². The van der Waals surface area contributed by atoms with E-state index in [1.165, 1.54) is 16.6 Å². The maximum absolute atomic E-state index is 13.4. The van der Waals surface area contributed by atoms with Crippen LogP contribution in [0.4, 0.5) is 0 Å². The number of nitrogens with zero attached hydrogens (tertiary/aromatic N) is 3. The molecule has 0 aliphatic carbocycles. The fraction of sp³-hybridized carbons (Fsp3) is 0.429. The predicted octanol–water partition coefficient (Wildman–Crippen LogP) is 2.52. The van der Waals surface area contributed by atoms with Crippen LogP contribution in [0.25, 0.3) is 11.5 Å². The number of sulfonamides is 1. The summed E-state index contributed by atoms with van der Waals surface area (Å²) in [6.07, 6.45) is 1.40. The van der Waals surface area contributed by atoms with E-state index in [-0.39, 0.29) is 29.7 Å². The first-order chi connectivity index (χ1) is 19.1. The molecule has 3 N–H and O–H groups in total. The normalized spacial score (nSPS) is 19.1. The van der Waals surface area contributed by atoms with Crippen LogP contribution in [-0.4, -0.2) is 70.9 Å². The van der Waals surface area contributed by atoms with Gasteiger partial charge in [0.05, 0.1) is 12.1 Å². The van der Waals surface area contributed by atoms with Gasteiger partial charge in [-0.15, -0.1) is 0 Å². The third-order valence-corrected chi connectivity index (χ3v) is 8.49.